The minimum absolute atomic E-state index is 0.250. The second-order valence-electron chi connectivity index (χ2n) is 3.45. The summed E-state index contributed by atoms with van der Waals surface area (Å²) in [7, 11) is 0. The van der Waals surface area contributed by atoms with Crippen molar-refractivity contribution in [3.05, 3.63) is 35.4 Å². The Morgan fingerprint density at radius 1 is 1.33 bits per heavy atom. The maximum absolute atomic E-state index is 11.2. The zero-order valence-electron chi connectivity index (χ0n) is 9.04. The van der Waals surface area contributed by atoms with E-state index >= 15 is 0 Å². The molecule has 0 unspecified atom stereocenters. The van der Waals surface area contributed by atoms with Crippen molar-refractivity contribution in [1.29, 1.82) is 0 Å². The Kier molecular flexibility index (Phi) is 4.03. The van der Waals surface area contributed by atoms with Gasteiger partial charge in [-0.05, 0) is 12.5 Å². The molecule has 0 aliphatic carbocycles. The van der Waals surface area contributed by atoms with Crippen molar-refractivity contribution in [2.75, 3.05) is 0 Å². The van der Waals surface area contributed by atoms with Crippen LogP contribution in [0.25, 0.3) is 0 Å². The number of carbonyl (C=O) groups is 2. The van der Waals surface area contributed by atoms with Gasteiger partial charge in [-0.1, -0.05) is 36.8 Å². The first-order chi connectivity index (χ1) is 7.13. The van der Waals surface area contributed by atoms with Crippen LogP contribution < -0.4 is 5.32 Å². The molecule has 0 saturated heterocycles. The fourth-order valence-electron chi connectivity index (χ4n) is 1.26. The minimum Gasteiger partial charge on any atom is -0.345 e. The summed E-state index contributed by atoms with van der Waals surface area (Å²) >= 11 is 0. The Morgan fingerprint density at radius 3 is 2.67 bits per heavy atom. The first-order valence-corrected chi connectivity index (χ1v) is 5.00. The van der Waals surface area contributed by atoms with Gasteiger partial charge >= 0.3 is 0 Å². The number of ketones is 1. The molecule has 0 aliphatic rings. The summed E-state index contributed by atoms with van der Waals surface area (Å²) in [5.41, 5.74) is 2.15. The molecule has 0 heterocycles. The third-order valence-electron chi connectivity index (χ3n) is 2.11. The summed E-state index contributed by atoms with van der Waals surface area (Å²) in [6.07, 6.45) is 0.250. The molecule has 0 atom stereocenters. The molecule has 3 nitrogen and oxygen atoms in total. The van der Waals surface area contributed by atoms with Crippen LogP contribution >= 0.6 is 0 Å². The van der Waals surface area contributed by atoms with E-state index in [1.165, 1.54) is 0 Å². The summed E-state index contributed by atoms with van der Waals surface area (Å²) in [6, 6.07) is 7.82. The molecule has 80 valence electrons. The Morgan fingerprint density at radius 2 is 2.07 bits per heavy atom. The summed E-state index contributed by atoms with van der Waals surface area (Å²) in [4.78, 5) is 22.2. The van der Waals surface area contributed by atoms with Crippen LogP contribution in [-0.2, 0) is 16.1 Å². The van der Waals surface area contributed by atoms with Crippen LogP contribution in [0, 0.1) is 6.92 Å². The fraction of sp³-hybridized carbons (Fsp3) is 0.333. The van der Waals surface area contributed by atoms with E-state index < -0.39 is 5.91 Å². The van der Waals surface area contributed by atoms with Gasteiger partial charge in [0.05, 0.1) is 0 Å². The Bertz CT molecular complexity index is 372. The number of amides is 1. The molecule has 0 spiro atoms. The van der Waals surface area contributed by atoms with Gasteiger partial charge in [0.1, 0.15) is 0 Å². The molecule has 0 saturated carbocycles. The average Bonchev–Trinajstić information content (AvgIpc) is 2.25. The highest BCUT2D eigenvalue weighted by Gasteiger charge is 2.09. The van der Waals surface area contributed by atoms with Crippen LogP contribution in [-0.4, -0.2) is 11.7 Å². The van der Waals surface area contributed by atoms with E-state index in [2.05, 4.69) is 5.32 Å². The molecule has 1 aromatic rings. The Hall–Kier alpha value is -1.64. The Labute approximate surface area is 89.5 Å². The van der Waals surface area contributed by atoms with Crippen LogP contribution in [0.4, 0.5) is 0 Å². The number of hydrogen-bond acceptors (Lipinski definition) is 2. The molecule has 0 radical (unpaired) electrons. The fourth-order valence-corrected chi connectivity index (χ4v) is 1.26. The molecule has 0 fully saturated rings. The third kappa shape index (κ3) is 3.54. The number of Topliss-reactive ketones (excluding diaryl/α,β-unsaturated/α-hetero) is 1. The second kappa shape index (κ2) is 5.29. The topological polar surface area (TPSA) is 46.2 Å². The lowest BCUT2D eigenvalue weighted by Gasteiger charge is -2.04. The molecule has 1 N–H and O–H groups in total. The number of rotatable bonds is 4. The number of carbonyl (C=O) groups excluding carboxylic acids is 2. The lowest BCUT2D eigenvalue weighted by Crippen LogP contribution is -2.29. The average molecular weight is 205 g/mol. The largest absolute Gasteiger partial charge is 0.345 e. The molecule has 1 amide bonds. The highest BCUT2D eigenvalue weighted by atomic mass is 16.2. The highest BCUT2D eigenvalue weighted by Crippen LogP contribution is 2.03. The number of aryl methyl sites for hydroxylation is 1. The molecular weight excluding hydrogens is 190 g/mol. The number of benzene rings is 1. The van der Waals surface area contributed by atoms with Crippen LogP contribution in [0.15, 0.2) is 24.3 Å². The molecular formula is C12H15NO2. The number of nitrogens with one attached hydrogen (secondary N) is 1. The van der Waals surface area contributed by atoms with Gasteiger partial charge in [-0.25, -0.2) is 0 Å². The van der Waals surface area contributed by atoms with Gasteiger partial charge in [0.15, 0.2) is 0 Å². The van der Waals surface area contributed by atoms with E-state index in [9.17, 15) is 9.59 Å². The molecule has 3 heteroatoms. The van der Waals surface area contributed by atoms with Crippen molar-refractivity contribution < 1.29 is 9.59 Å². The second-order valence-corrected chi connectivity index (χ2v) is 3.45. The predicted molar refractivity (Wildman–Crippen MR) is 58.3 cm³/mol. The Balaban J connectivity index is 2.50. The quantitative estimate of drug-likeness (QED) is 0.759. The molecule has 0 aliphatic heterocycles. The van der Waals surface area contributed by atoms with Gasteiger partial charge in [0, 0.05) is 13.0 Å². The standard InChI is InChI=1S/C12H15NO2/c1-3-11(14)12(15)13-8-10-6-4-5-9(2)7-10/h4-7H,3,8H2,1-2H3,(H,13,15). The zero-order valence-corrected chi connectivity index (χ0v) is 9.04. The first kappa shape index (κ1) is 11.4. The molecule has 0 bridgehead atoms. The van der Waals surface area contributed by atoms with E-state index in [-0.39, 0.29) is 12.2 Å². The van der Waals surface area contributed by atoms with Crippen molar-refractivity contribution in [1.82, 2.24) is 5.32 Å². The first-order valence-electron chi connectivity index (χ1n) is 5.00. The van der Waals surface area contributed by atoms with Gasteiger partial charge in [0.25, 0.3) is 5.91 Å². The van der Waals surface area contributed by atoms with Crippen molar-refractivity contribution in [2.45, 2.75) is 26.8 Å². The summed E-state index contributed by atoms with van der Waals surface area (Å²) in [6.45, 7) is 4.07. The maximum Gasteiger partial charge on any atom is 0.287 e. The molecule has 1 rings (SSSR count). The minimum atomic E-state index is -0.501. The monoisotopic (exact) mass is 205 g/mol. The van der Waals surface area contributed by atoms with Crippen LogP contribution in [0.2, 0.25) is 0 Å². The number of hydrogen-bond donors (Lipinski definition) is 1. The van der Waals surface area contributed by atoms with Gasteiger partial charge in [-0.15, -0.1) is 0 Å². The van der Waals surface area contributed by atoms with Crippen molar-refractivity contribution in [3.63, 3.8) is 0 Å². The molecule has 1 aromatic carbocycles. The van der Waals surface area contributed by atoms with Crippen LogP contribution in [0.3, 0.4) is 0 Å². The molecule has 0 aromatic heterocycles. The van der Waals surface area contributed by atoms with Crippen molar-refractivity contribution >= 4 is 11.7 Å². The van der Waals surface area contributed by atoms with Crippen LogP contribution in [0.1, 0.15) is 24.5 Å². The van der Waals surface area contributed by atoms with E-state index in [1.807, 2.05) is 31.2 Å². The van der Waals surface area contributed by atoms with Crippen LogP contribution in [0.5, 0.6) is 0 Å². The van der Waals surface area contributed by atoms with Gasteiger partial charge in [-0.2, -0.15) is 0 Å². The van der Waals surface area contributed by atoms with Gasteiger partial charge in [0.2, 0.25) is 5.78 Å². The lowest BCUT2D eigenvalue weighted by atomic mass is 10.1. The third-order valence-corrected chi connectivity index (χ3v) is 2.11. The van der Waals surface area contributed by atoms with E-state index in [0.29, 0.717) is 6.54 Å². The smallest absolute Gasteiger partial charge is 0.287 e. The lowest BCUT2D eigenvalue weighted by molar-refractivity contribution is -0.137. The zero-order chi connectivity index (χ0) is 11.3. The van der Waals surface area contributed by atoms with Crippen molar-refractivity contribution in [3.8, 4) is 0 Å². The SMILES string of the molecule is CCC(=O)C(=O)NCc1cccc(C)c1. The van der Waals surface area contributed by atoms with E-state index in [1.54, 1.807) is 6.92 Å². The van der Waals surface area contributed by atoms with E-state index in [0.717, 1.165) is 11.1 Å². The van der Waals surface area contributed by atoms with E-state index in [4.69, 9.17) is 0 Å². The summed E-state index contributed by atoms with van der Waals surface area (Å²) < 4.78 is 0. The van der Waals surface area contributed by atoms with Gasteiger partial charge < -0.3 is 5.32 Å². The summed E-state index contributed by atoms with van der Waals surface area (Å²) in [5, 5.41) is 2.59. The molecule has 15 heavy (non-hydrogen) atoms. The normalized spacial score (nSPS) is 9.73. The summed E-state index contributed by atoms with van der Waals surface area (Å²) in [5.74, 6) is -0.873. The predicted octanol–water partition coefficient (Wildman–Crippen LogP) is 1.59. The maximum atomic E-state index is 11.2. The van der Waals surface area contributed by atoms with Gasteiger partial charge in [-0.3, -0.25) is 9.59 Å². The highest BCUT2D eigenvalue weighted by molar-refractivity contribution is 6.35. The van der Waals surface area contributed by atoms with Crippen molar-refractivity contribution in [2.24, 2.45) is 0 Å².